The van der Waals surface area contributed by atoms with Gasteiger partial charge in [-0.2, -0.15) is 0 Å². The number of hydrogen-bond donors (Lipinski definition) is 1. The summed E-state index contributed by atoms with van der Waals surface area (Å²) >= 11 is 0. The van der Waals surface area contributed by atoms with E-state index in [4.69, 9.17) is 0 Å². The molecule has 4 nitrogen and oxygen atoms in total. The molecule has 4 heteroatoms. The van der Waals surface area contributed by atoms with Gasteiger partial charge >= 0.3 is 0 Å². The lowest BCUT2D eigenvalue weighted by Gasteiger charge is -2.09. The minimum Gasteiger partial charge on any atom is -0.311 e. The van der Waals surface area contributed by atoms with Crippen molar-refractivity contribution in [1.29, 1.82) is 0 Å². The van der Waals surface area contributed by atoms with Crippen LogP contribution in [0.1, 0.15) is 44.9 Å². The smallest absolute Gasteiger partial charge is 0.0783 e. The number of unbranched alkanes of at least 4 members (excludes halogenated alkanes) is 1. The molecular formula is C17H26N4. The summed E-state index contributed by atoms with van der Waals surface area (Å²) in [7, 11) is 0. The number of benzene rings is 1. The summed E-state index contributed by atoms with van der Waals surface area (Å²) in [6, 6.07) is 8.65. The molecule has 114 valence electrons. The van der Waals surface area contributed by atoms with Gasteiger partial charge in [0.15, 0.2) is 0 Å². The van der Waals surface area contributed by atoms with Crippen molar-refractivity contribution in [3.63, 3.8) is 0 Å². The number of aromatic nitrogens is 3. The molecule has 0 spiro atoms. The van der Waals surface area contributed by atoms with E-state index < -0.39 is 0 Å². The number of hydrogen-bond acceptors (Lipinski definition) is 3. The highest BCUT2D eigenvalue weighted by Gasteiger charge is 2.06. The van der Waals surface area contributed by atoms with Crippen LogP contribution in [0.15, 0.2) is 30.5 Å². The molecule has 0 aliphatic heterocycles. The number of rotatable bonds is 8. The maximum atomic E-state index is 4.20. The second kappa shape index (κ2) is 7.93. The van der Waals surface area contributed by atoms with Crippen LogP contribution in [0, 0.1) is 5.92 Å². The molecule has 1 N–H and O–H groups in total. The van der Waals surface area contributed by atoms with E-state index in [-0.39, 0.29) is 0 Å². The third kappa shape index (κ3) is 4.67. The van der Waals surface area contributed by atoms with Gasteiger partial charge in [0.05, 0.1) is 17.6 Å². The predicted octanol–water partition coefficient (Wildman–Crippen LogP) is 3.36. The van der Waals surface area contributed by atoms with E-state index in [1.807, 2.05) is 10.9 Å². The Labute approximate surface area is 127 Å². The molecule has 21 heavy (non-hydrogen) atoms. The van der Waals surface area contributed by atoms with Crippen LogP contribution in [0.25, 0.3) is 5.69 Å². The Balaban J connectivity index is 2.02. The van der Waals surface area contributed by atoms with Crippen LogP contribution in [0.2, 0.25) is 0 Å². The van der Waals surface area contributed by atoms with Gasteiger partial charge < -0.3 is 5.32 Å². The van der Waals surface area contributed by atoms with Crippen molar-refractivity contribution >= 4 is 0 Å². The van der Waals surface area contributed by atoms with E-state index in [1.54, 1.807) is 0 Å². The van der Waals surface area contributed by atoms with E-state index in [9.17, 15) is 0 Å². The summed E-state index contributed by atoms with van der Waals surface area (Å²) in [5.74, 6) is 0.646. The molecular weight excluding hydrogens is 260 g/mol. The zero-order valence-electron chi connectivity index (χ0n) is 13.3. The fourth-order valence-corrected chi connectivity index (χ4v) is 2.27. The van der Waals surface area contributed by atoms with Crippen molar-refractivity contribution in [2.75, 3.05) is 6.54 Å². The second-order valence-electron chi connectivity index (χ2n) is 5.93. The fraction of sp³-hybridized carbons (Fsp3) is 0.529. The minimum absolute atomic E-state index is 0.646. The molecule has 0 unspecified atom stereocenters. The second-order valence-corrected chi connectivity index (χ2v) is 5.93. The van der Waals surface area contributed by atoms with Gasteiger partial charge in [-0.15, -0.1) is 5.10 Å². The molecule has 0 saturated carbocycles. The van der Waals surface area contributed by atoms with Crippen LogP contribution in [0.5, 0.6) is 0 Å². The Hall–Kier alpha value is -1.68. The van der Waals surface area contributed by atoms with Crippen LogP contribution in [0.4, 0.5) is 0 Å². The average Bonchev–Trinajstić information content (AvgIpc) is 2.94. The monoisotopic (exact) mass is 286 g/mol. The highest BCUT2D eigenvalue weighted by atomic mass is 15.4. The van der Waals surface area contributed by atoms with E-state index in [1.165, 1.54) is 18.4 Å². The maximum Gasteiger partial charge on any atom is 0.0783 e. The van der Waals surface area contributed by atoms with Crippen LogP contribution < -0.4 is 5.32 Å². The van der Waals surface area contributed by atoms with Gasteiger partial charge in [0.2, 0.25) is 0 Å². The standard InChI is InChI=1S/C17H26N4/c1-4-5-6-15-7-9-16(10-8-15)21-17(13-19-20-21)12-18-11-14(2)3/h7-10,13-14,18H,4-6,11-12H2,1-3H3. The SMILES string of the molecule is CCCCc1ccc(-n2nncc2CNCC(C)C)cc1. The van der Waals surface area contributed by atoms with Crippen LogP contribution >= 0.6 is 0 Å². The van der Waals surface area contributed by atoms with Crippen LogP contribution in [0.3, 0.4) is 0 Å². The Kier molecular flexibility index (Phi) is 5.93. The van der Waals surface area contributed by atoms with Gasteiger partial charge in [0.25, 0.3) is 0 Å². The van der Waals surface area contributed by atoms with E-state index in [0.29, 0.717) is 5.92 Å². The fourth-order valence-electron chi connectivity index (χ4n) is 2.27. The summed E-state index contributed by atoms with van der Waals surface area (Å²) in [5, 5.41) is 11.7. The van der Waals surface area contributed by atoms with Gasteiger partial charge in [-0.25, -0.2) is 4.68 Å². The Morgan fingerprint density at radius 1 is 1.19 bits per heavy atom. The highest BCUT2D eigenvalue weighted by Crippen LogP contribution is 2.13. The zero-order chi connectivity index (χ0) is 15.1. The summed E-state index contributed by atoms with van der Waals surface area (Å²) in [5.41, 5.74) is 3.56. The Morgan fingerprint density at radius 2 is 1.95 bits per heavy atom. The number of aryl methyl sites for hydroxylation is 1. The third-order valence-corrected chi connectivity index (χ3v) is 3.48. The molecule has 1 aromatic heterocycles. The molecule has 2 rings (SSSR count). The molecule has 0 atom stereocenters. The molecule has 0 radical (unpaired) electrons. The number of nitrogens with one attached hydrogen (secondary N) is 1. The zero-order valence-corrected chi connectivity index (χ0v) is 13.3. The largest absolute Gasteiger partial charge is 0.311 e. The molecule has 0 bridgehead atoms. The van der Waals surface area contributed by atoms with Crippen molar-refractivity contribution in [2.24, 2.45) is 5.92 Å². The quantitative estimate of drug-likeness (QED) is 0.809. The third-order valence-electron chi connectivity index (χ3n) is 3.48. The van der Waals surface area contributed by atoms with E-state index in [0.717, 1.165) is 30.9 Å². The lowest BCUT2D eigenvalue weighted by atomic mass is 10.1. The van der Waals surface area contributed by atoms with Gasteiger partial charge in [0.1, 0.15) is 0 Å². The summed E-state index contributed by atoms with van der Waals surface area (Å²) in [6.07, 6.45) is 5.46. The summed E-state index contributed by atoms with van der Waals surface area (Å²) in [4.78, 5) is 0. The summed E-state index contributed by atoms with van der Waals surface area (Å²) < 4.78 is 1.91. The minimum atomic E-state index is 0.646. The maximum absolute atomic E-state index is 4.20. The highest BCUT2D eigenvalue weighted by molar-refractivity contribution is 5.35. The Morgan fingerprint density at radius 3 is 2.62 bits per heavy atom. The molecule has 2 aromatic rings. The summed E-state index contributed by atoms with van der Waals surface area (Å²) in [6.45, 7) is 8.43. The molecule has 0 aliphatic rings. The van der Waals surface area contributed by atoms with Gasteiger partial charge in [-0.1, -0.05) is 44.5 Å². The first-order chi connectivity index (χ1) is 10.2. The normalized spacial score (nSPS) is 11.2. The van der Waals surface area contributed by atoms with Crippen molar-refractivity contribution in [1.82, 2.24) is 20.3 Å². The molecule has 0 aliphatic carbocycles. The van der Waals surface area contributed by atoms with Gasteiger partial charge in [0, 0.05) is 6.54 Å². The first kappa shape index (κ1) is 15.7. The Bertz CT molecular complexity index is 528. The lowest BCUT2D eigenvalue weighted by molar-refractivity contribution is 0.542. The van der Waals surface area contributed by atoms with Crippen molar-refractivity contribution in [3.8, 4) is 5.69 Å². The molecule has 0 fully saturated rings. The van der Waals surface area contributed by atoms with Gasteiger partial charge in [-0.3, -0.25) is 0 Å². The predicted molar refractivity (Wildman–Crippen MR) is 86.5 cm³/mol. The van der Waals surface area contributed by atoms with Gasteiger partial charge in [-0.05, 0) is 43.0 Å². The molecule has 0 saturated heterocycles. The molecule has 1 aromatic carbocycles. The topological polar surface area (TPSA) is 42.7 Å². The van der Waals surface area contributed by atoms with Crippen LogP contribution in [-0.2, 0) is 13.0 Å². The van der Waals surface area contributed by atoms with Crippen LogP contribution in [-0.4, -0.2) is 21.5 Å². The van der Waals surface area contributed by atoms with E-state index >= 15 is 0 Å². The average molecular weight is 286 g/mol. The van der Waals surface area contributed by atoms with Crippen molar-refractivity contribution in [2.45, 2.75) is 46.6 Å². The molecule has 0 amide bonds. The number of nitrogens with zero attached hydrogens (tertiary/aromatic N) is 3. The first-order valence-corrected chi connectivity index (χ1v) is 7.90. The van der Waals surface area contributed by atoms with Crippen molar-refractivity contribution < 1.29 is 0 Å². The molecule has 1 heterocycles. The van der Waals surface area contributed by atoms with Crippen molar-refractivity contribution in [3.05, 3.63) is 41.7 Å². The lowest BCUT2D eigenvalue weighted by Crippen LogP contribution is -2.20. The van der Waals surface area contributed by atoms with E-state index in [2.05, 4.69) is 60.7 Å². The first-order valence-electron chi connectivity index (χ1n) is 7.90.